The number of β-amino-alcohol motifs (C(OH)–C–C–N with tert-alkyl or cyclic N) is 1. The van der Waals surface area contributed by atoms with Gasteiger partial charge < -0.3 is 21.1 Å². The molecule has 5 aromatic rings. The van der Waals surface area contributed by atoms with Gasteiger partial charge in [0.1, 0.15) is 17.5 Å². The second-order valence-corrected chi connectivity index (χ2v) is 9.71. The Labute approximate surface area is 224 Å². The van der Waals surface area contributed by atoms with Gasteiger partial charge in [-0.1, -0.05) is 36.4 Å². The molecule has 192 valence electrons. The van der Waals surface area contributed by atoms with Crippen molar-refractivity contribution in [3.8, 4) is 11.4 Å². The van der Waals surface area contributed by atoms with Crippen LogP contribution in [0.3, 0.4) is 0 Å². The highest BCUT2D eigenvalue weighted by Crippen LogP contribution is 2.34. The van der Waals surface area contributed by atoms with Crippen LogP contribution in [0.1, 0.15) is 12.0 Å². The number of allylic oxidation sites excluding steroid dienone is 4. The first-order valence-corrected chi connectivity index (χ1v) is 13.0. The lowest BCUT2D eigenvalue weighted by Crippen LogP contribution is -2.47. The van der Waals surface area contributed by atoms with Gasteiger partial charge in [0, 0.05) is 35.5 Å². The quantitative estimate of drug-likeness (QED) is 0.260. The van der Waals surface area contributed by atoms with Crippen LogP contribution in [0, 0.1) is 0 Å². The summed E-state index contributed by atoms with van der Waals surface area (Å²) >= 11 is 0. The van der Waals surface area contributed by atoms with Crippen LogP contribution in [0.4, 0.5) is 17.5 Å². The van der Waals surface area contributed by atoms with E-state index in [2.05, 4.69) is 38.1 Å². The SMILES string of the molecule is O[C@H]1CNCC[C@H]1Nc1nc(-c2ccnc(Nc3ccc4ccccc4n3)c2)nc2cncc(C3=CC=C3)c12. The molecule has 5 heterocycles. The molecule has 1 fully saturated rings. The molecule has 1 saturated heterocycles. The number of anilines is 3. The van der Waals surface area contributed by atoms with Crippen molar-refractivity contribution < 1.29 is 5.11 Å². The van der Waals surface area contributed by atoms with E-state index in [0.29, 0.717) is 29.8 Å². The van der Waals surface area contributed by atoms with E-state index in [1.54, 1.807) is 12.4 Å². The third-order valence-electron chi connectivity index (χ3n) is 7.11. The number of pyridine rings is 3. The number of hydrogen-bond donors (Lipinski definition) is 4. The summed E-state index contributed by atoms with van der Waals surface area (Å²) in [6.07, 6.45) is 11.7. The Morgan fingerprint density at radius 1 is 0.949 bits per heavy atom. The van der Waals surface area contributed by atoms with Gasteiger partial charge in [-0.3, -0.25) is 4.98 Å². The maximum atomic E-state index is 10.6. The van der Waals surface area contributed by atoms with Gasteiger partial charge in [0.15, 0.2) is 5.82 Å². The van der Waals surface area contributed by atoms with Gasteiger partial charge in [0.2, 0.25) is 0 Å². The zero-order valence-electron chi connectivity index (χ0n) is 21.0. The molecule has 4 N–H and O–H groups in total. The van der Waals surface area contributed by atoms with Crippen LogP contribution >= 0.6 is 0 Å². The highest BCUT2D eigenvalue weighted by atomic mass is 16.3. The van der Waals surface area contributed by atoms with Crippen molar-refractivity contribution in [2.45, 2.75) is 18.6 Å². The lowest BCUT2D eigenvalue weighted by atomic mass is 9.97. The summed E-state index contributed by atoms with van der Waals surface area (Å²) in [5, 5.41) is 22.7. The molecule has 1 aliphatic carbocycles. The Bertz CT molecular complexity index is 1770. The Hall–Kier alpha value is -4.73. The molecule has 1 aromatic carbocycles. The second kappa shape index (κ2) is 9.86. The van der Waals surface area contributed by atoms with Gasteiger partial charge in [-0.25, -0.2) is 19.9 Å². The van der Waals surface area contributed by atoms with Gasteiger partial charge in [-0.15, -0.1) is 0 Å². The molecule has 39 heavy (non-hydrogen) atoms. The number of nitrogens with one attached hydrogen (secondary N) is 3. The number of benzene rings is 1. The number of nitrogens with zero attached hydrogens (tertiary/aromatic N) is 5. The Morgan fingerprint density at radius 3 is 2.74 bits per heavy atom. The highest BCUT2D eigenvalue weighted by Gasteiger charge is 2.25. The van der Waals surface area contributed by atoms with Gasteiger partial charge in [-0.05, 0) is 48.9 Å². The smallest absolute Gasteiger partial charge is 0.162 e. The van der Waals surface area contributed by atoms with Crippen molar-refractivity contribution >= 4 is 44.8 Å². The number of fused-ring (bicyclic) bond motifs is 2. The molecule has 2 aliphatic rings. The topological polar surface area (TPSA) is 121 Å². The molecule has 0 bridgehead atoms. The fourth-order valence-corrected chi connectivity index (χ4v) is 5.00. The zero-order valence-corrected chi connectivity index (χ0v) is 21.0. The summed E-state index contributed by atoms with van der Waals surface area (Å²) in [6.45, 7) is 1.37. The van der Waals surface area contributed by atoms with Crippen molar-refractivity contribution in [2.75, 3.05) is 23.7 Å². The predicted molar refractivity (Wildman–Crippen MR) is 154 cm³/mol. The molecule has 0 radical (unpaired) electrons. The van der Waals surface area contributed by atoms with Crippen LogP contribution < -0.4 is 16.0 Å². The summed E-state index contributed by atoms with van der Waals surface area (Å²) in [7, 11) is 0. The number of piperidine rings is 1. The normalized spacial score (nSPS) is 18.5. The molecule has 1 aliphatic heterocycles. The Balaban J connectivity index is 1.28. The lowest BCUT2D eigenvalue weighted by molar-refractivity contribution is 0.128. The molecule has 0 saturated carbocycles. The van der Waals surface area contributed by atoms with Crippen molar-refractivity contribution in [3.05, 3.63) is 90.9 Å². The van der Waals surface area contributed by atoms with E-state index in [9.17, 15) is 5.11 Å². The average Bonchev–Trinajstić information content (AvgIpc) is 2.93. The van der Waals surface area contributed by atoms with E-state index in [1.807, 2.05) is 60.8 Å². The number of aromatic nitrogens is 5. The van der Waals surface area contributed by atoms with Gasteiger partial charge in [0.05, 0.1) is 34.8 Å². The fraction of sp³-hybridized carbons (Fsp3) is 0.167. The van der Waals surface area contributed by atoms with Crippen LogP contribution in [-0.4, -0.2) is 55.3 Å². The molecule has 2 atom stereocenters. The van der Waals surface area contributed by atoms with Crippen LogP contribution in [0.15, 0.2) is 85.3 Å². The van der Waals surface area contributed by atoms with E-state index < -0.39 is 6.10 Å². The van der Waals surface area contributed by atoms with E-state index >= 15 is 0 Å². The van der Waals surface area contributed by atoms with Crippen molar-refractivity contribution in [1.82, 2.24) is 30.2 Å². The Kier molecular flexibility index (Phi) is 5.92. The van der Waals surface area contributed by atoms with E-state index in [0.717, 1.165) is 51.5 Å². The number of para-hydroxylation sites is 1. The first kappa shape index (κ1) is 23.4. The fourth-order valence-electron chi connectivity index (χ4n) is 5.00. The van der Waals surface area contributed by atoms with Crippen LogP contribution in [0.5, 0.6) is 0 Å². The maximum Gasteiger partial charge on any atom is 0.162 e. The molecule has 0 unspecified atom stereocenters. The number of hydrogen-bond acceptors (Lipinski definition) is 9. The van der Waals surface area contributed by atoms with Crippen LogP contribution in [-0.2, 0) is 0 Å². The molecule has 0 amide bonds. The standard InChI is InChI=1S/C30H26N8O/c39-25-17-31-12-11-23(25)35-30-28-21(18-5-3-6-18)15-32-16-24(28)36-29(38-30)20-10-13-33-27(14-20)37-26-9-8-19-4-1-2-7-22(19)34-26/h1-10,13-16,23,25,31,39H,11-12,17H2,(H,33,34,37)(H,35,36,38)/t23-,25+/m1/s1. The van der Waals surface area contributed by atoms with E-state index in [-0.39, 0.29) is 6.04 Å². The minimum atomic E-state index is -0.522. The van der Waals surface area contributed by atoms with Crippen LogP contribution in [0.25, 0.3) is 38.8 Å². The van der Waals surface area contributed by atoms with Gasteiger partial charge in [0.25, 0.3) is 0 Å². The monoisotopic (exact) mass is 514 g/mol. The molecule has 4 aromatic heterocycles. The first-order chi connectivity index (χ1) is 19.2. The minimum Gasteiger partial charge on any atom is -0.390 e. The molecule has 9 nitrogen and oxygen atoms in total. The number of aliphatic hydroxyl groups excluding tert-OH is 1. The molecular formula is C30H26N8O. The zero-order chi connectivity index (χ0) is 26.2. The number of aliphatic hydroxyl groups is 1. The Morgan fingerprint density at radius 2 is 1.87 bits per heavy atom. The summed E-state index contributed by atoms with van der Waals surface area (Å²) in [6, 6.07) is 15.6. The summed E-state index contributed by atoms with van der Waals surface area (Å²) < 4.78 is 0. The summed E-state index contributed by atoms with van der Waals surface area (Å²) in [4.78, 5) is 23.5. The van der Waals surface area contributed by atoms with Gasteiger partial charge >= 0.3 is 0 Å². The maximum absolute atomic E-state index is 10.6. The van der Waals surface area contributed by atoms with Crippen molar-refractivity contribution in [2.24, 2.45) is 0 Å². The van der Waals surface area contributed by atoms with Crippen molar-refractivity contribution in [3.63, 3.8) is 0 Å². The first-order valence-electron chi connectivity index (χ1n) is 13.0. The largest absolute Gasteiger partial charge is 0.390 e. The van der Waals surface area contributed by atoms with Crippen molar-refractivity contribution in [1.29, 1.82) is 0 Å². The average molecular weight is 515 g/mol. The summed E-state index contributed by atoms with van der Waals surface area (Å²) in [5.74, 6) is 2.57. The third kappa shape index (κ3) is 4.58. The molecule has 9 heteroatoms. The lowest BCUT2D eigenvalue weighted by Gasteiger charge is -2.30. The van der Waals surface area contributed by atoms with E-state index in [4.69, 9.17) is 15.0 Å². The summed E-state index contributed by atoms with van der Waals surface area (Å²) in [5.41, 5.74) is 4.49. The van der Waals surface area contributed by atoms with E-state index in [1.165, 1.54) is 0 Å². The van der Waals surface area contributed by atoms with Crippen LogP contribution in [0.2, 0.25) is 0 Å². The highest BCUT2D eigenvalue weighted by molar-refractivity contribution is 6.02. The number of rotatable bonds is 6. The molecular weight excluding hydrogens is 488 g/mol. The minimum absolute atomic E-state index is 0.127. The van der Waals surface area contributed by atoms with Gasteiger partial charge in [-0.2, -0.15) is 0 Å². The second-order valence-electron chi connectivity index (χ2n) is 9.71. The third-order valence-corrected chi connectivity index (χ3v) is 7.11. The predicted octanol–water partition coefficient (Wildman–Crippen LogP) is 4.47. The molecule has 0 spiro atoms. The molecule has 7 rings (SSSR count).